The van der Waals surface area contributed by atoms with E-state index in [1.165, 1.54) is 16.7 Å². The maximum Gasteiger partial charge on any atom is 0.122 e. The first-order valence-electron chi connectivity index (χ1n) is 6.07. The smallest absolute Gasteiger partial charge is 0.122 e. The molecular formula is C15H19NOS. The van der Waals surface area contributed by atoms with Crippen molar-refractivity contribution >= 4 is 11.3 Å². The van der Waals surface area contributed by atoms with Crippen LogP contribution in [0, 0.1) is 6.92 Å². The van der Waals surface area contributed by atoms with E-state index in [4.69, 9.17) is 4.74 Å². The van der Waals surface area contributed by atoms with E-state index in [9.17, 15) is 0 Å². The number of benzene rings is 1. The molecule has 1 atom stereocenters. The number of ether oxygens (including phenoxy) is 1. The van der Waals surface area contributed by atoms with Gasteiger partial charge in [-0.1, -0.05) is 12.1 Å². The van der Waals surface area contributed by atoms with Crippen LogP contribution in [0.25, 0.3) is 0 Å². The zero-order valence-electron chi connectivity index (χ0n) is 11.1. The molecule has 1 aromatic heterocycles. The number of likely N-dealkylation sites (N-methyl/N-ethyl adjacent to an activating group) is 1. The third-order valence-electron chi connectivity index (χ3n) is 3.20. The van der Waals surface area contributed by atoms with E-state index < -0.39 is 0 Å². The summed E-state index contributed by atoms with van der Waals surface area (Å²) in [4.78, 5) is 0. The molecule has 1 aromatic carbocycles. The Kier molecular flexibility index (Phi) is 4.39. The number of nitrogens with one attached hydrogen (secondary N) is 1. The van der Waals surface area contributed by atoms with Crippen molar-refractivity contribution in [2.24, 2.45) is 0 Å². The van der Waals surface area contributed by atoms with Gasteiger partial charge in [0.1, 0.15) is 5.75 Å². The summed E-state index contributed by atoms with van der Waals surface area (Å²) in [6, 6.07) is 8.93. The normalized spacial score (nSPS) is 12.4. The molecule has 2 aromatic rings. The Labute approximate surface area is 113 Å². The van der Waals surface area contributed by atoms with Gasteiger partial charge in [0.25, 0.3) is 0 Å². The first-order chi connectivity index (χ1) is 8.74. The average Bonchev–Trinajstić information content (AvgIpc) is 2.89. The Morgan fingerprint density at radius 3 is 2.78 bits per heavy atom. The molecule has 0 aliphatic rings. The Morgan fingerprint density at radius 1 is 1.33 bits per heavy atom. The topological polar surface area (TPSA) is 21.3 Å². The summed E-state index contributed by atoms with van der Waals surface area (Å²) < 4.78 is 5.39. The van der Waals surface area contributed by atoms with Crippen LogP contribution in [0.1, 0.15) is 22.7 Å². The summed E-state index contributed by atoms with van der Waals surface area (Å²) >= 11 is 1.74. The molecule has 0 aliphatic carbocycles. The molecule has 0 fully saturated rings. The molecule has 1 N–H and O–H groups in total. The fourth-order valence-electron chi connectivity index (χ4n) is 2.08. The SMILES string of the molecule is CNC(Cc1ccsc1)c1ccc(C)c(OC)c1. The largest absolute Gasteiger partial charge is 0.496 e. The Bertz CT molecular complexity index is 493. The molecule has 1 heterocycles. The van der Waals surface area contributed by atoms with Gasteiger partial charge in [-0.05, 0) is 60.0 Å². The highest BCUT2D eigenvalue weighted by Gasteiger charge is 2.12. The monoisotopic (exact) mass is 261 g/mol. The minimum atomic E-state index is 0.328. The van der Waals surface area contributed by atoms with Crippen LogP contribution in [0.5, 0.6) is 5.75 Å². The van der Waals surface area contributed by atoms with Crippen molar-refractivity contribution in [2.45, 2.75) is 19.4 Å². The first kappa shape index (κ1) is 13.1. The fourth-order valence-corrected chi connectivity index (χ4v) is 2.77. The molecule has 96 valence electrons. The van der Waals surface area contributed by atoms with Crippen molar-refractivity contribution in [3.63, 3.8) is 0 Å². The molecule has 0 bridgehead atoms. The Balaban J connectivity index is 2.21. The zero-order valence-corrected chi connectivity index (χ0v) is 11.9. The van der Waals surface area contributed by atoms with E-state index in [1.807, 2.05) is 7.05 Å². The summed E-state index contributed by atoms with van der Waals surface area (Å²) in [6.07, 6.45) is 1.01. The lowest BCUT2D eigenvalue weighted by atomic mass is 9.99. The van der Waals surface area contributed by atoms with Gasteiger partial charge in [0.05, 0.1) is 7.11 Å². The van der Waals surface area contributed by atoms with Gasteiger partial charge in [0, 0.05) is 6.04 Å². The minimum Gasteiger partial charge on any atom is -0.496 e. The van der Waals surface area contributed by atoms with Gasteiger partial charge < -0.3 is 10.1 Å². The summed E-state index contributed by atoms with van der Waals surface area (Å²) in [5, 5.41) is 7.70. The maximum absolute atomic E-state index is 5.39. The molecule has 2 rings (SSSR count). The van der Waals surface area contributed by atoms with Crippen LogP contribution in [-0.2, 0) is 6.42 Å². The van der Waals surface area contributed by atoms with Crippen LogP contribution in [-0.4, -0.2) is 14.2 Å². The van der Waals surface area contributed by atoms with Crippen molar-refractivity contribution in [1.29, 1.82) is 0 Å². The summed E-state index contributed by atoms with van der Waals surface area (Å²) in [6.45, 7) is 2.07. The molecule has 0 radical (unpaired) electrons. The standard InChI is InChI=1S/C15H19NOS/c1-11-4-5-13(9-15(11)17-3)14(16-2)8-12-6-7-18-10-12/h4-7,9-10,14,16H,8H2,1-3H3. The number of hydrogen-bond donors (Lipinski definition) is 1. The van der Waals surface area contributed by atoms with Gasteiger partial charge in [0.15, 0.2) is 0 Å². The second kappa shape index (κ2) is 6.03. The second-order valence-electron chi connectivity index (χ2n) is 4.41. The van der Waals surface area contributed by atoms with Gasteiger partial charge in [-0.25, -0.2) is 0 Å². The lowest BCUT2D eigenvalue weighted by Gasteiger charge is -2.17. The Hall–Kier alpha value is -1.32. The molecular weight excluding hydrogens is 242 g/mol. The van der Waals surface area contributed by atoms with E-state index in [-0.39, 0.29) is 0 Å². The van der Waals surface area contributed by atoms with Gasteiger partial charge in [-0.15, -0.1) is 0 Å². The van der Waals surface area contributed by atoms with Crippen LogP contribution >= 0.6 is 11.3 Å². The molecule has 3 heteroatoms. The van der Waals surface area contributed by atoms with Crippen LogP contribution in [0.2, 0.25) is 0 Å². The van der Waals surface area contributed by atoms with Gasteiger partial charge in [-0.3, -0.25) is 0 Å². The van der Waals surface area contributed by atoms with Crippen molar-refractivity contribution < 1.29 is 4.74 Å². The molecule has 1 unspecified atom stereocenters. The third kappa shape index (κ3) is 2.92. The van der Waals surface area contributed by atoms with Crippen LogP contribution < -0.4 is 10.1 Å². The Morgan fingerprint density at radius 2 is 2.17 bits per heavy atom. The summed E-state index contributed by atoms with van der Waals surface area (Å²) in [7, 11) is 3.72. The van der Waals surface area contributed by atoms with Crippen molar-refractivity contribution in [3.8, 4) is 5.75 Å². The second-order valence-corrected chi connectivity index (χ2v) is 5.19. The van der Waals surface area contributed by atoms with Gasteiger partial charge in [0.2, 0.25) is 0 Å². The molecule has 0 saturated heterocycles. The molecule has 18 heavy (non-hydrogen) atoms. The van der Waals surface area contributed by atoms with Crippen molar-refractivity contribution in [1.82, 2.24) is 5.32 Å². The van der Waals surface area contributed by atoms with Crippen LogP contribution in [0.4, 0.5) is 0 Å². The molecule has 0 spiro atoms. The molecule has 0 aliphatic heterocycles. The first-order valence-corrected chi connectivity index (χ1v) is 7.01. The predicted octanol–water partition coefficient (Wildman–Crippen LogP) is 3.57. The van der Waals surface area contributed by atoms with Crippen LogP contribution in [0.3, 0.4) is 0 Å². The van der Waals surface area contributed by atoms with E-state index in [1.54, 1.807) is 18.4 Å². The van der Waals surface area contributed by atoms with E-state index in [0.717, 1.165) is 12.2 Å². The summed E-state index contributed by atoms with van der Waals surface area (Å²) in [5.41, 5.74) is 3.82. The highest BCUT2D eigenvalue weighted by Crippen LogP contribution is 2.25. The lowest BCUT2D eigenvalue weighted by Crippen LogP contribution is -2.18. The zero-order chi connectivity index (χ0) is 13.0. The number of hydrogen-bond acceptors (Lipinski definition) is 3. The number of aryl methyl sites for hydroxylation is 1. The average molecular weight is 261 g/mol. The van der Waals surface area contributed by atoms with E-state index >= 15 is 0 Å². The minimum absolute atomic E-state index is 0.328. The fraction of sp³-hybridized carbons (Fsp3) is 0.333. The molecule has 0 amide bonds. The predicted molar refractivity (Wildman–Crippen MR) is 77.6 cm³/mol. The number of thiophene rings is 1. The quantitative estimate of drug-likeness (QED) is 0.888. The maximum atomic E-state index is 5.39. The highest BCUT2D eigenvalue weighted by atomic mass is 32.1. The molecule has 2 nitrogen and oxygen atoms in total. The van der Waals surface area contributed by atoms with Crippen molar-refractivity contribution in [3.05, 3.63) is 51.7 Å². The van der Waals surface area contributed by atoms with Gasteiger partial charge >= 0.3 is 0 Å². The summed E-state index contributed by atoms with van der Waals surface area (Å²) in [5.74, 6) is 0.957. The third-order valence-corrected chi connectivity index (χ3v) is 3.93. The number of rotatable bonds is 5. The van der Waals surface area contributed by atoms with Crippen LogP contribution in [0.15, 0.2) is 35.0 Å². The highest BCUT2D eigenvalue weighted by molar-refractivity contribution is 7.07. The molecule has 0 saturated carbocycles. The van der Waals surface area contributed by atoms with Crippen molar-refractivity contribution in [2.75, 3.05) is 14.2 Å². The van der Waals surface area contributed by atoms with E-state index in [0.29, 0.717) is 6.04 Å². The van der Waals surface area contributed by atoms with Gasteiger partial charge in [-0.2, -0.15) is 11.3 Å². The lowest BCUT2D eigenvalue weighted by molar-refractivity contribution is 0.410. The van der Waals surface area contributed by atoms with E-state index in [2.05, 4.69) is 47.3 Å². The number of methoxy groups -OCH3 is 1.